The third kappa shape index (κ3) is 6.05. The molecule has 32 heavy (non-hydrogen) atoms. The van der Waals surface area contributed by atoms with Gasteiger partial charge in [0, 0.05) is 24.2 Å². The van der Waals surface area contributed by atoms with Crippen molar-refractivity contribution in [3.63, 3.8) is 0 Å². The Morgan fingerprint density at radius 2 is 1.69 bits per heavy atom. The second-order valence-electron chi connectivity index (χ2n) is 6.26. The fourth-order valence-corrected chi connectivity index (χ4v) is 3.65. The summed E-state index contributed by atoms with van der Waals surface area (Å²) < 4.78 is 65.6. The van der Waals surface area contributed by atoms with Gasteiger partial charge in [0.15, 0.2) is 0 Å². The fraction of sp³-hybridized carbons (Fsp3) is 0.0500. The van der Waals surface area contributed by atoms with Crippen LogP contribution in [-0.2, 0) is 21.0 Å². The van der Waals surface area contributed by atoms with Crippen molar-refractivity contribution < 1.29 is 26.4 Å². The molecular weight excluding hydrogens is 469 g/mol. The highest BCUT2D eigenvalue weighted by Gasteiger charge is 2.33. The van der Waals surface area contributed by atoms with Gasteiger partial charge in [-0.15, -0.1) is 0 Å². The van der Waals surface area contributed by atoms with E-state index in [-0.39, 0.29) is 22.1 Å². The lowest BCUT2D eigenvalue weighted by atomic mass is 10.1. The molecule has 7 nitrogen and oxygen atoms in total. The Balaban J connectivity index is 1.66. The zero-order chi connectivity index (χ0) is 23.4. The molecule has 166 valence electrons. The molecule has 0 saturated carbocycles. The van der Waals surface area contributed by atoms with Crippen LogP contribution in [0.2, 0.25) is 5.02 Å². The first kappa shape index (κ1) is 23.2. The van der Waals surface area contributed by atoms with Crippen molar-refractivity contribution >= 4 is 45.2 Å². The molecule has 0 saturated heterocycles. The van der Waals surface area contributed by atoms with E-state index in [0.717, 1.165) is 18.2 Å². The van der Waals surface area contributed by atoms with E-state index in [9.17, 15) is 26.4 Å². The third-order valence-electron chi connectivity index (χ3n) is 3.95. The van der Waals surface area contributed by atoms with E-state index >= 15 is 0 Å². The quantitative estimate of drug-likeness (QED) is 0.500. The van der Waals surface area contributed by atoms with Gasteiger partial charge in [0.25, 0.3) is 10.0 Å². The first-order valence-electron chi connectivity index (χ1n) is 8.80. The van der Waals surface area contributed by atoms with Gasteiger partial charge in [-0.3, -0.25) is 4.79 Å². The lowest BCUT2D eigenvalue weighted by Crippen LogP contribution is -2.15. The van der Waals surface area contributed by atoms with Gasteiger partial charge in [0.2, 0.25) is 11.9 Å². The molecule has 2 aromatic carbocycles. The molecule has 12 heteroatoms. The van der Waals surface area contributed by atoms with E-state index < -0.39 is 32.7 Å². The van der Waals surface area contributed by atoms with Gasteiger partial charge < -0.3 is 5.32 Å². The minimum absolute atomic E-state index is 0.0839. The SMILES string of the molecule is O=C(/C=C/c1ccc(Cl)c(C(F)(F)F)c1)Nc1ccc(S(=O)(=O)Nc2ncccn2)cc1. The number of aromatic nitrogens is 2. The van der Waals surface area contributed by atoms with Crippen molar-refractivity contribution in [2.24, 2.45) is 0 Å². The number of anilines is 2. The lowest BCUT2D eigenvalue weighted by Gasteiger charge is -2.09. The van der Waals surface area contributed by atoms with Crippen LogP contribution < -0.4 is 10.0 Å². The van der Waals surface area contributed by atoms with Crippen molar-refractivity contribution in [1.29, 1.82) is 0 Å². The number of halogens is 4. The second kappa shape index (κ2) is 9.37. The van der Waals surface area contributed by atoms with Crippen LogP contribution in [0, 0.1) is 0 Å². The molecule has 1 aromatic heterocycles. The Bertz CT molecular complexity index is 1250. The largest absolute Gasteiger partial charge is 0.417 e. The maximum atomic E-state index is 12.9. The van der Waals surface area contributed by atoms with E-state index in [2.05, 4.69) is 20.0 Å². The summed E-state index contributed by atoms with van der Waals surface area (Å²) in [5, 5.41) is 2.04. The summed E-state index contributed by atoms with van der Waals surface area (Å²) in [6, 6.07) is 10.0. The van der Waals surface area contributed by atoms with Crippen molar-refractivity contribution in [2.75, 3.05) is 10.0 Å². The summed E-state index contributed by atoms with van der Waals surface area (Å²) in [4.78, 5) is 19.5. The average molecular weight is 483 g/mol. The molecule has 1 amide bonds. The lowest BCUT2D eigenvalue weighted by molar-refractivity contribution is -0.137. The zero-order valence-electron chi connectivity index (χ0n) is 16.0. The molecule has 0 unspecified atom stereocenters. The molecule has 3 aromatic rings. The number of alkyl halides is 3. The fourth-order valence-electron chi connectivity index (χ4n) is 2.47. The van der Waals surface area contributed by atoms with E-state index in [1.165, 1.54) is 54.9 Å². The molecule has 0 radical (unpaired) electrons. The summed E-state index contributed by atoms with van der Waals surface area (Å²) in [6.45, 7) is 0. The molecule has 3 rings (SSSR count). The Kier molecular flexibility index (Phi) is 6.80. The Morgan fingerprint density at radius 3 is 2.31 bits per heavy atom. The van der Waals surface area contributed by atoms with E-state index in [0.29, 0.717) is 0 Å². The van der Waals surface area contributed by atoms with Gasteiger partial charge in [0.1, 0.15) is 0 Å². The van der Waals surface area contributed by atoms with Crippen LogP contribution in [0.3, 0.4) is 0 Å². The zero-order valence-corrected chi connectivity index (χ0v) is 17.5. The Labute approximate surface area is 186 Å². The first-order chi connectivity index (χ1) is 15.0. The van der Waals surface area contributed by atoms with Crippen LogP contribution in [-0.4, -0.2) is 24.3 Å². The minimum Gasteiger partial charge on any atom is -0.323 e. The number of hydrogen-bond donors (Lipinski definition) is 2. The standard InChI is InChI=1S/C20H14ClF3N4O3S/c21-17-8-2-13(12-16(17)20(22,23)24)3-9-18(29)27-14-4-6-15(7-5-14)32(30,31)28-19-25-10-1-11-26-19/h1-12H,(H,27,29)(H,25,26,28)/b9-3+. The Morgan fingerprint density at radius 1 is 1.03 bits per heavy atom. The topological polar surface area (TPSA) is 101 Å². The van der Waals surface area contributed by atoms with E-state index in [1.807, 2.05) is 0 Å². The van der Waals surface area contributed by atoms with Gasteiger partial charge in [-0.05, 0) is 54.1 Å². The number of carbonyl (C=O) groups is 1. The number of nitrogens with zero attached hydrogens (tertiary/aromatic N) is 2. The summed E-state index contributed by atoms with van der Waals surface area (Å²) in [6.07, 6.45) is 0.383. The minimum atomic E-state index is -4.62. The highest BCUT2D eigenvalue weighted by atomic mass is 35.5. The summed E-state index contributed by atoms with van der Waals surface area (Å²) in [7, 11) is -3.93. The van der Waals surface area contributed by atoms with Crippen LogP contribution in [0.5, 0.6) is 0 Å². The normalized spacial score (nSPS) is 12.0. The highest BCUT2D eigenvalue weighted by Crippen LogP contribution is 2.35. The number of benzene rings is 2. The molecule has 0 aliphatic rings. The maximum Gasteiger partial charge on any atom is 0.417 e. The molecule has 0 fully saturated rings. The van der Waals surface area contributed by atoms with Gasteiger partial charge in [-0.2, -0.15) is 13.2 Å². The molecule has 0 aliphatic carbocycles. The van der Waals surface area contributed by atoms with Crippen LogP contribution in [0.25, 0.3) is 6.08 Å². The van der Waals surface area contributed by atoms with Gasteiger partial charge >= 0.3 is 6.18 Å². The summed E-state index contributed by atoms with van der Waals surface area (Å²) >= 11 is 5.56. The molecule has 0 spiro atoms. The predicted molar refractivity (Wildman–Crippen MR) is 113 cm³/mol. The molecule has 0 atom stereocenters. The van der Waals surface area contributed by atoms with Crippen LogP contribution in [0.1, 0.15) is 11.1 Å². The van der Waals surface area contributed by atoms with Gasteiger partial charge in [0.05, 0.1) is 15.5 Å². The van der Waals surface area contributed by atoms with Gasteiger partial charge in [-0.1, -0.05) is 17.7 Å². The van der Waals surface area contributed by atoms with Crippen molar-refractivity contribution in [2.45, 2.75) is 11.1 Å². The van der Waals surface area contributed by atoms with Crippen molar-refractivity contribution in [3.05, 3.63) is 83.2 Å². The molecular formula is C20H14ClF3N4O3S. The molecule has 0 bridgehead atoms. The summed E-state index contributed by atoms with van der Waals surface area (Å²) in [5.41, 5.74) is -0.595. The van der Waals surface area contributed by atoms with Gasteiger partial charge in [-0.25, -0.2) is 23.1 Å². The average Bonchev–Trinajstić information content (AvgIpc) is 2.73. The van der Waals surface area contributed by atoms with E-state index in [1.54, 1.807) is 0 Å². The smallest absolute Gasteiger partial charge is 0.323 e. The Hall–Kier alpha value is -3.44. The monoisotopic (exact) mass is 482 g/mol. The van der Waals surface area contributed by atoms with Crippen molar-refractivity contribution in [3.8, 4) is 0 Å². The second-order valence-corrected chi connectivity index (χ2v) is 8.35. The summed E-state index contributed by atoms with van der Waals surface area (Å²) in [5.74, 6) is -0.717. The third-order valence-corrected chi connectivity index (χ3v) is 5.62. The maximum absolute atomic E-state index is 12.9. The molecule has 2 N–H and O–H groups in total. The number of amides is 1. The number of nitrogens with one attached hydrogen (secondary N) is 2. The van der Waals surface area contributed by atoms with Crippen LogP contribution in [0.15, 0.2) is 71.9 Å². The predicted octanol–water partition coefficient (Wildman–Crippen LogP) is 4.60. The van der Waals surface area contributed by atoms with E-state index in [4.69, 9.17) is 11.6 Å². The molecule has 0 aliphatic heterocycles. The number of rotatable bonds is 6. The van der Waals surface area contributed by atoms with Crippen LogP contribution in [0.4, 0.5) is 24.8 Å². The number of carbonyl (C=O) groups excluding carboxylic acids is 1. The number of hydrogen-bond acceptors (Lipinski definition) is 5. The van der Waals surface area contributed by atoms with Crippen molar-refractivity contribution in [1.82, 2.24) is 9.97 Å². The van der Waals surface area contributed by atoms with Crippen LogP contribution >= 0.6 is 11.6 Å². The highest BCUT2D eigenvalue weighted by molar-refractivity contribution is 7.92. The first-order valence-corrected chi connectivity index (χ1v) is 10.7. The molecule has 1 heterocycles. The number of sulfonamides is 1.